The molecule has 0 N–H and O–H groups in total. The molecule has 0 aromatic carbocycles. The van der Waals surface area contributed by atoms with E-state index in [0.29, 0.717) is 6.42 Å². The monoisotopic (exact) mass is 263 g/mol. The second kappa shape index (κ2) is 5.48. The van der Waals surface area contributed by atoms with Crippen molar-refractivity contribution in [3.05, 3.63) is 0 Å². The minimum atomic E-state index is -3.02. The molecule has 0 aromatic heterocycles. The SMILES string of the molecule is CCOC(=O)CC(=O)N(C)C1CCS(=O)(=O)C1. The lowest BCUT2D eigenvalue weighted by Gasteiger charge is -2.22. The molecule has 1 aliphatic heterocycles. The summed E-state index contributed by atoms with van der Waals surface area (Å²) in [4.78, 5) is 24.1. The van der Waals surface area contributed by atoms with Crippen molar-refractivity contribution in [3.8, 4) is 0 Å². The van der Waals surface area contributed by atoms with Gasteiger partial charge in [0.05, 0.1) is 18.1 Å². The number of esters is 1. The fraction of sp³-hybridized carbons (Fsp3) is 0.800. The Morgan fingerprint density at radius 2 is 2.06 bits per heavy atom. The number of nitrogens with zero attached hydrogens (tertiary/aromatic N) is 1. The fourth-order valence-electron chi connectivity index (χ4n) is 1.74. The van der Waals surface area contributed by atoms with Crippen LogP contribution in [0.4, 0.5) is 0 Å². The number of rotatable bonds is 4. The Morgan fingerprint density at radius 3 is 2.53 bits per heavy atom. The summed E-state index contributed by atoms with van der Waals surface area (Å²) in [5.74, 6) is -0.886. The Morgan fingerprint density at radius 1 is 1.41 bits per heavy atom. The van der Waals surface area contributed by atoms with Crippen LogP contribution in [0.25, 0.3) is 0 Å². The first kappa shape index (κ1) is 14.0. The van der Waals surface area contributed by atoms with Crippen LogP contribution in [0.2, 0.25) is 0 Å². The van der Waals surface area contributed by atoms with Crippen LogP contribution >= 0.6 is 0 Å². The predicted molar refractivity (Wildman–Crippen MR) is 61.1 cm³/mol. The molecule has 1 aliphatic rings. The number of carbonyl (C=O) groups excluding carboxylic acids is 2. The van der Waals surface area contributed by atoms with Crippen LogP contribution in [-0.2, 0) is 24.2 Å². The van der Waals surface area contributed by atoms with Crippen LogP contribution in [0.3, 0.4) is 0 Å². The molecular formula is C10H17NO5S. The molecule has 1 saturated heterocycles. The van der Waals surface area contributed by atoms with Gasteiger partial charge >= 0.3 is 5.97 Å². The first-order valence-corrected chi connectivity index (χ1v) is 7.29. The summed E-state index contributed by atoms with van der Waals surface area (Å²) in [6.45, 7) is 1.89. The third-order valence-electron chi connectivity index (χ3n) is 2.75. The third-order valence-corrected chi connectivity index (χ3v) is 4.50. The molecule has 1 atom stereocenters. The summed E-state index contributed by atoms with van der Waals surface area (Å²) in [5, 5.41) is 0. The average Bonchev–Trinajstić information content (AvgIpc) is 2.58. The lowest BCUT2D eigenvalue weighted by Crippen LogP contribution is -2.38. The van der Waals surface area contributed by atoms with E-state index in [1.807, 2.05) is 0 Å². The van der Waals surface area contributed by atoms with Gasteiger partial charge in [-0.2, -0.15) is 0 Å². The molecule has 0 aliphatic carbocycles. The topological polar surface area (TPSA) is 80.8 Å². The summed E-state index contributed by atoms with van der Waals surface area (Å²) < 4.78 is 27.2. The third kappa shape index (κ3) is 3.99. The lowest BCUT2D eigenvalue weighted by molar-refractivity contribution is -0.148. The smallest absolute Gasteiger partial charge is 0.315 e. The minimum Gasteiger partial charge on any atom is -0.466 e. The van der Waals surface area contributed by atoms with Gasteiger partial charge in [0.1, 0.15) is 6.42 Å². The highest BCUT2D eigenvalue weighted by molar-refractivity contribution is 7.91. The van der Waals surface area contributed by atoms with Gasteiger partial charge in [-0.25, -0.2) is 8.42 Å². The molecule has 17 heavy (non-hydrogen) atoms. The summed E-state index contributed by atoms with van der Waals surface area (Å²) in [7, 11) is -1.50. The van der Waals surface area contributed by atoms with Crippen molar-refractivity contribution in [3.63, 3.8) is 0 Å². The van der Waals surface area contributed by atoms with Crippen LogP contribution in [0, 0.1) is 0 Å². The molecule has 98 valence electrons. The molecular weight excluding hydrogens is 246 g/mol. The second-order valence-electron chi connectivity index (χ2n) is 4.04. The zero-order valence-electron chi connectivity index (χ0n) is 10.0. The van der Waals surface area contributed by atoms with Crippen LogP contribution in [0.5, 0.6) is 0 Å². The van der Waals surface area contributed by atoms with Gasteiger partial charge in [0, 0.05) is 13.1 Å². The summed E-state index contributed by atoms with van der Waals surface area (Å²) in [6, 6.07) is -0.318. The largest absolute Gasteiger partial charge is 0.466 e. The molecule has 7 heteroatoms. The van der Waals surface area contributed by atoms with E-state index in [2.05, 4.69) is 4.74 Å². The standard InChI is InChI=1S/C10H17NO5S/c1-3-16-10(13)6-9(12)11(2)8-4-5-17(14,15)7-8/h8H,3-7H2,1-2H3. The summed E-state index contributed by atoms with van der Waals surface area (Å²) >= 11 is 0. The molecule has 6 nitrogen and oxygen atoms in total. The Balaban J connectivity index is 2.50. The highest BCUT2D eigenvalue weighted by Gasteiger charge is 2.33. The van der Waals surface area contributed by atoms with Crippen molar-refractivity contribution in [1.29, 1.82) is 0 Å². The quantitative estimate of drug-likeness (QED) is 0.508. The Labute approximate surface area is 101 Å². The van der Waals surface area contributed by atoms with Crippen molar-refractivity contribution in [2.75, 3.05) is 25.2 Å². The van der Waals surface area contributed by atoms with E-state index in [9.17, 15) is 18.0 Å². The molecule has 1 heterocycles. The molecule has 0 spiro atoms. The normalized spacial score (nSPS) is 22.1. The van der Waals surface area contributed by atoms with Crippen LogP contribution in [-0.4, -0.2) is 56.4 Å². The molecule has 0 bridgehead atoms. The van der Waals surface area contributed by atoms with Gasteiger partial charge in [-0.3, -0.25) is 9.59 Å². The number of hydrogen-bond donors (Lipinski definition) is 0. The van der Waals surface area contributed by atoms with E-state index < -0.39 is 21.7 Å². The first-order chi connectivity index (χ1) is 7.85. The van der Waals surface area contributed by atoms with Gasteiger partial charge in [-0.05, 0) is 13.3 Å². The Bertz CT molecular complexity index is 403. The average molecular weight is 263 g/mol. The van der Waals surface area contributed by atoms with E-state index in [1.54, 1.807) is 6.92 Å². The van der Waals surface area contributed by atoms with Crippen molar-refractivity contribution >= 4 is 21.7 Å². The van der Waals surface area contributed by atoms with Crippen LogP contribution in [0.15, 0.2) is 0 Å². The lowest BCUT2D eigenvalue weighted by atomic mass is 10.2. The number of sulfone groups is 1. The molecule has 0 aromatic rings. The van der Waals surface area contributed by atoms with Crippen LogP contribution < -0.4 is 0 Å². The van der Waals surface area contributed by atoms with Crippen molar-refractivity contribution in [1.82, 2.24) is 4.90 Å². The van der Waals surface area contributed by atoms with E-state index >= 15 is 0 Å². The van der Waals surface area contributed by atoms with Gasteiger partial charge in [0.15, 0.2) is 9.84 Å². The molecule has 1 amide bonds. The first-order valence-electron chi connectivity index (χ1n) is 5.47. The number of ether oxygens (including phenoxy) is 1. The van der Waals surface area contributed by atoms with Crippen LogP contribution in [0.1, 0.15) is 19.8 Å². The molecule has 1 fully saturated rings. The van der Waals surface area contributed by atoms with Gasteiger partial charge in [0.25, 0.3) is 0 Å². The van der Waals surface area contributed by atoms with Crippen molar-refractivity contribution in [2.45, 2.75) is 25.8 Å². The zero-order valence-corrected chi connectivity index (χ0v) is 10.8. The highest BCUT2D eigenvalue weighted by Crippen LogP contribution is 2.17. The molecule has 0 radical (unpaired) electrons. The Kier molecular flexibility index (Phi) is 4.50. The van der Waals surface area contributed by atoms with Gasteiger partial charge < -0.3 is 9.64 Å². The second-order valence-corrected chi connectivity index (χ2v) is 6.27. The van der Waals surface area contributed by atoms with Crippen molar-refractivity contribution in [2.24, 2.45) is 0 Å². The van der Waals surface area contributed by atoms with Gasteiger partial charge in [-0.1, -0.05) is 0 Å². The van der Waals surface area contributed by atoms with Gasteiger partial charge in [-0.15, -0.1) is 0 Å². The van der Waals surface area contributed by atoms with E-state index in [4.69, 9.17) is 0 Å². The maximum Gasteiger partial charge on any atom is 0.315 e. The predicted octanol–water partition coefficient (Wildman–Crippen LogP) is -0.415. The minimum absolute atomic E-state index is 0.0158. The number of carbonyl (C=O) groups is 2. The fourth-order valence-corrected chi connectivity index (χ4v) is 3.52. The maximum absolute atomic E-state index is 11.7. The molecule has 1 unspecified atom stereocenters. The van der Waals surface area contributed by atoms with Crippen molar-refractivity contribution < 1.29 is 22.7 Å². The summed E-state index contributed by atoms with van der Waals surface area (Å²) in [6.07, 6.45) is 0.105. The van der Waals surface area contributed by atoms with E-state index in [0.717, 1.165) is 0 Å². The van der Waals surface area contributed by atoms with E-state index in [1.165, 1.54) is 11.9 Å². The number of amides is 1. The summed E-state index contributed by atoms with van der Waals surface area (Å²) in [5.41, 5.74) is 0. The van der Waals surface area contributed by atoms with E-state index in [-0.39, 0.29) is 30.6 Å². The zero-order chi connectivity index (χ0) is 13.1. The maximum atomic E-state index is 11.7. The van der Waals surface area contributed by atoms with Gasteiger partial charge in [0.2, 0.25) is 5.91 Å². The molecule has 0 saturated carbocycles. The number of hydrogen-bond acceptors (Lipinski definition) is 5. The Hall–Kier alpha value is -1.11. The highest BCUT2D eigenvalue weighted by atomic mass is 32.2. The molecule has 1 rings (SSSR count).